The first-order valence-electron chi connectivity index (χ1n) is 11.2. The van der Waals surface area contributed by atoms with Gasteiger partial charge in [0, 0.05) is 38.0 Å². The number of ether oxygens (including phenoxy) is 1. The van der Waals surface area contributed by atoms with E-state index in [1.54, 1.807) is 34.6 Å². The average molecular weight is 498 g/mol. The number of sulfonamides is 1. The molecule has 2 fully saturated rings. The Morgan fingerprint density at radius 3 is 2.47 bits per heavy atom. The molecule has 0 unspecified atom stereocenters. The third kappa shape index (κ3) is 6.12. The zero-order valence-corrected chi connectivity index (χ0v) is 21.0. The molecule has 2 aliphatic heterocycles. The van der Waals surface area contributed by atoms with Crippen molar-refractivity contribution in [3.63, 3.8) is 0 Å². The molecule has 1 N–H and O–H groups in total. The van der Waals surface area contributed by atoms with Crippen molar-refractivity contribution in [2.24, 2.45) is 5.92 Å². The summed E-state index contributed by atoms with van der Waals surface area (Å²) >= 11 is 0. The number of rotatable bonds is 5. The number of amides is 2. The monoisotopic (exact) mass is 497 g/mol. The van der Waals surface area contributed by atoms with E-state index in [2.05, 4.69) is 5.32 Å². The minimum atomic E-state index is -3.78. The van der Waals surface area contributed by atoms with Gasteiger partial charge in [-0.05, 0) is 52.3 Å². The number of halogens is 1. The van der Waals surface area contributed by atoms with Crippen LogP contribution in [-0.4, -0.2) is 66.2 Å². The highest BCUT2D eigenvalue weighted by molar-refractivity contribution is 7.88. The number of nitrogens with zero attached hydrogens (tertiary/aromatic N) is 2. The van der Waals surface area contributed by atoms with Gasteiger partial charge in [-0.3, -0.25) is 9.59 Å². The fourth-order valence-electron chi connectivity index (χ4n) is 4.10. The first-order chi connectivity index (χ1) is 15.6. The van der Waals surface area contributed by atoms with Crippen LogP contribution >= 0.6 is 0 Å². The lowest BCUT2D eigenvalue weighted by atomic mass is 9.92. The summed E-state index contributed by atoms with van der Waals surface area (Å²) in [5.41, 5.74) is -1.29. The number of carbonyl (C=O) groups is 3. The molecule has 3 rings (SSSR count). The molecule has 0 radical (unpaired) electrons. The summed E-state index contributed by atoms with van der Waals surface area (Å²) in [5.74, 6) is -2.05. The van der Waals surface area contributed by atoms with Crippen molar-refractivity contribution in [2.75, 3.05) is 25.0 Å². The van der Waals surface area contributed by atoms with Gasteiger partial charge in [0.2, 0.25) is 15.9 Å². The minimum Gasteiger partial charge on any atom is -0.444 e. The maximum atomic E-state index is 14.4. The molecule has 11 heteroatoms. The second-order valence-corrected chi connectivity index (χ2v) is 12.4. The number of ketones is 1. The second-order valence-electron chi connectivity index (χ2n) is 10.5. The predicted octanol–water partition coefficient (Wildman–Crippen LogP) is 2.90. The molecule has 1 aromatic rings. The highest BCUT2D eigenvalue weighted by Gasteiger charge is 2.41. The molecule has 188 valence electrons. The summed E-state index contributed by atoms with van der Waals surface area (Å²) in [4.78, 5) is 37.7. The Bertz CT molecular complexity index is 1090. The third-order valence-corrected chi connectivity index (χ3v) is 7.82. The zero-order valence-electron chi connectivity index (χ0n) is 20.2. The molecule has 0 aromatic heterocycles. The van der Waals surface area contributed by atoms with Crippen LogP contribution in [0.2, 0.25) is 0 Å². The number of piperidine rings is 1. The number of anilines is 1. The van der Waals surface area contributed by atoms with Crippen LogP contribution in [0.5, 0.6) is 0 Å². The van der Waals surface area contributed by atoms with E-state index in [1.165, 1.54) is 21.3 Å². The highest BCUT2D eigenvalue weighted by Crippen LogP contribution is 2.30. The quantitative estimate of drug-likeness (QED) is 0.669. The van der Waals surface area contributed by atoms with Crippen molar-refractivity contribution >= 4 is 33.5 Å². The Balaban J connectivity index is 1.64. The summed E-state index contributed by atoms with van der Waals surface area (Å²) < 4.78 is 47.0. The Hall–Kier alpha value is -2.53. The fraction of sp³-hybridized carbons (Fsp3) is 0.609. The standard InChI is InChI=1S/C23H32FN3O6S/c1-22(2,3)33-21(30)26-12-16(13-26)20(29)25-19-10-15(6-7-18(19)24)14-34(31,32)27-9-8-17(28)11-23(27,4)5/h6-7,10,16H,8-9,11-14H2,1-5H3,(H,25,29). The molecule has 0 saturated carbocycles. The molecule has 0 aliphatic carbocycles. The van der Waals surface area contributed by atoms with Gasteiger partial charge in [-0.15, -0.1) is 0 Å². The molecule has 2 aliphatic rings. The number of benzene rings is 1. The number of Topliss-reactive ketones (excluding diaryl/α,β-unsaturated/α-hetero) is 1. The molecule has 2 saturated heterocycles. The molecular weight excluding hydrogens is 465 g/mol. The normalized spacial score (nSPS) is 19.5. The number of hydrogen-bond acceptors (Lipinski definition) is 6. The van der Waals surface area contributed by atoms with Gasteiger partial charge in [0.15, 0.2) is 0 Å². The average Bonchev–Trinajstić information content (AvgIpc) is 2.60. The van der Waals surface area contributed by atoms with Crippen LogP contribution in [0.4, 0.5) is 14.9 Å². The fourth-order valence-corrected chi connectivity index (χ4v) is 6.05. The van der Waals surface area contributed by atoms with E-state index < -0.39 is 44.9 Å². The van der Waals surface area contributed by atoms with Crippen molar-refractivity contribution in [1.82, 2.24) is 9.21 Å². The Labute approximate surface area is 199 Å². The molecule has 2 amide bonds. The van der Waals surface area contributed by atoms with Gasteiger partial charge in [0.25, 0.3) is 0 Å². The summed E-state index contributed by atoms with van der Waals surface area (Å²) in [5, 5.41) is 2.50. The summed E-state index contributed by atoms with van der Waals surface area (Å²) in [6, 6.07) is 3.77. The van der Waals surface area contributed by atoms with Crippen LogP contribution in [0, 0.1) is 11.7 Å². The summed E-state index contributed by atoms with van der Waals surface area (Å²) in [6.07, 6.45) is -0.217. The van der Waals surface area contributed by atoms with Crippen LogP contribution in [0.3, 0.4) is 0 Å². The molecule has 0 bridgehead atoms. The van der Waals surface area contributed by atoms with E-state index in [0.717, 1.165) is 6.07 Å². The van der Waals surface area contributed by atoms with E-state index in [4.69, 9.17) is 4.74 Å². The molecule has 2 heterocycles. The third-order valence-electron chi connectivity index (χ3n) is 5.78. The van der Waals surface area contributed by atoms with Crippen molar-refractivity contribution in [3.8, 4) is 0 Å². The molecule has 9 nitrogen and oxygen atoms in total. The lowest BCUT2D eigenvalue weighted by Gasteiger charge is -2.40. The van der Waals surface area contributed by atoms with Gasteiger partial charge in [-0.25, -0.2) is 17.6 Å². The second kappa shape index (κ2) is 9.26. The zero-order chi connectivity index (χ0) is 25.5. The Morgan fingerprint density at radius 1 is 1.24 bits per heavy atom. The number of likely N-dealkylation sites (tertiary alicyclic amines) is 1. The topological polar surface area (TPSA) is 113 Å². The number of nitrogens with one attached hydrogen (secondary N) is 1. The van der Waals surface area contributed by atoms with Crippen molar-refractivity contribution in [3.05, 3.63) is 29.6 Å². The maximum absolute atomic E-state index is 14.4. The molecule has 34 heavy (non-hydrogen) atoms. The van der Waals surface area contributed by atoms with Crippen molar-refractivity contribution < 1.29 is 31.9 Å². The van der Waals surface area contributed by atoms with Crippen LogP contribution in [-0.2, 0) is 30.1 Å². The van der Waals surface area contributed by atoms with Gasteiger partial charge in [-0.1, -0.05) is 6.07 Å². The van der Waals surface area contributed by atoms with Crippen LogP contribution in [0.1, 0.15) is 53.0 Å². The van der Waals surface area contributed by atoms with E-state index in [0.29, 0.717) is 5.56 Å². The van der Waals surface area contributed by atoms with E-state index in [9.17, 15) is 27.2 Å². The van der Waals surface area contributed by atoms with Crippen LogP contribution in [0.25, 0.3) is 0 Å². The highest BCUT2D eigenvalue weighted by atomic mass is 32.2. The van der Waals surface area contributed by atoms with Gasteiger partial charge in [-0.2, -0.15) is 4.31 Å². The van der Waals surface area contributed by atoms with E-state index >= 15 is 0 Å². The van der Waals surface area contributed by atoms with E-state index in [-0.39, 0.29) is 49.7 Å². The first-order valence-corrected chi connectivity index (χ1v) is 12.8. The Morgan fingerprint density at radius 2 is 1.88 bits per heavy atom. The predicted molar refractivity (Wildman–Crippen MR) is 124 cm³/mol. The number of hydrogen-bond donors (Lipinski definition) is 1. The van der Waals surface area contributed by atoms with Gasteiger partial charge in [0.05, 0.1) is 17.4 Å². The molecule has 0 atom stereocenters. The summed E-state index contributed by atoms with van der Waals surface area (Å²) in [7, 11) is -3.78. The lowest BCUT2D eigenvalue weighted by Crippen LogP contribution is -2.55. The van der Waals surface area contributed by atoms with Crippen molar-refractivity contribution in [1.29, 1.82) is 0 Å². The molecule has 0 spiro atoms. The Kier molecular flexibility index (Phi) is 7.10. The minimum absolute atomic E-state index is 0.0180. The van der Waals surface area contributed by atoms with Gasteiger partial charge < -0.3 is 15.0 Å². The lowest BCUT2D eigenvalue weighted by molar-refractivity contribution is -0.125. The SMILES string of the molecule is CC(C)(C)OC(=O)N1CC(C(=O)Nc2cc(CS(=O)(=O)N3CCC(=O)CC3(C)C)ccc2F)C1. The summed E-state index contributed by atoms with van der Waals surface area (Å²) in [6.45, 7) is 9.06. The van der Waals surface area contributed by atoms with E-state index in [1.807, 2.05) is 0 Å². The van der Waals surface area contributed by atoms with Crippen molar-refractivity contribution in [2.45, 2.75) is 64.4 Å². The first kappa shape index (κ1) is 26.1. The molecule has 1 aromatic carbocycles. The van der Waals surface area contributed by atoms with Gasteiger partial charge in [0.1, 0.15) is 17.2 Å². The smallest absolute Gasteiger partial charge is 0.410 e. The maximum Gasteiger partial charge on any atom is 0.410 e. The number of carbonyl (C=O) groups excluding carboxylic acids is 3. The van der Waals surface area contributed by atoms with Crippen LogP contribution < -0.4 is 5.32 Å². The van der Waals surface area contributed by atoms with Crippen LogP contribution in [0.15, 0.2) is 18.2 Å². The largest absolute Gasteiger partial charge is 0.444 e. The molecular formula is C23H32FN3O6S. The van der Waals surface area contributed by atoms with Gasteiger partial charge >= 0.3 is 6.09 Å².